The van der Waals surface area contributed by atoms with Crippen LogP contribution < -0.4 is 10.2 Å². The Bertz CT molecular complexity index is 546. The van der Waals surface area contributed by atoms with E-state index in [4.69, 9.17) is 0 Å². The summed E-state index contributed by atoms with van der Waals surface area (Å²) in [6, 6.07) is 17.8. The number of benzene rings is 2. The van der Waals surface area contributed by atoms with E-state index in [2.05, 4.69) is 79.5 Å². The highest BCUT2D eigenvalue weighted by Crippen LogP contribution is 2.27. The second-order valence-corrected chi connectivity index (χ2v) is 5.19. The Hall–Kier alpha value is -1.80. The lowest BCUT2D eigenvalue weighted by atomic mass is 10.1. The molecule has 106 valence electrons. The standard InChI is InChI=1S/C18H24N2/c1-5-20(18-8-6-7-14(2)13-18)17-11-9-16(10-12-17)15(3)19-4/h6-13,15,19H,5H2,1-4H3. The zero-order chi connectivity index (χ0) is 14.5. The van der Waals surface area contributed by atoms with Gasteiger partial charge in [0, 0.05) is 24.0 Å². The second kappa shape index (κ2) is 6.58. The molecule has 0 aromatic heterocycles. The number of aryl methyl sites for hydroxylation is 1. The summed E-state index contributed by atoms with van der Waals surface area (Å²) in [5.74, 6) is 0. The summed E-state index contributed by atoms with van der Waals surface area (Å²) in [5.41, 5.74) is 5.10. The van der Waals surface area contributed by atoms with E-state index in [1.807, 2.05) is 7.05 Å². The molecule has 2 nitrogen and oxygen atoms in total. The molecule has 1 atom stereocenters. The van der Waals surface area contributed by atoms with E-state index >= 15 is 0 Å². The Morgan fingerprint density at radius 2 is 1.75 bits per heavy atom. The summed E-state index contributed by atoms with van der Waals surface area (Å²) >= 11 is 0. The minimum atomic E-state index is 0.387. The van der Waals surface area contributed by atoms with Crippen LogP contribution in [0, 0.1) is 6.92 Å². The SMILES string of the molecule is CCN(c1ccc(C(C)NC)cc1)c1cccc(C)c1. The van der Waals surface area contributed by atoms with E-state index in [0.717, 1.165) is 6.54 Å². The van der Waals surface area contributed by atoms with Crippen molar-refractivity contribution in [2.24, 2.45) is 0 Å². The molecule has 0 amide bonds. The van der Waals surface area contributed by atoms with Crippen molar-refractivity contribution in [3.8, 4) is 0 Å². The molecule has 1 unspecified atom stereocenters. The van der Waals surface area contributed by atoms with Gasteiger partial charge in [0.15, 0.2) is 0 Å². The average Bonchev–Trinajstić information content (AvgIpc) is 2.48. The van der Waals surface area contributed by atoms with Crippen LogP contribution in [0.4, 0.5) is 11.4 Å². The topological polar surface area (TPSA) is 15.3 Å². The molecule has 0 aliphatic carbocycles. The summed E-state index contributed by atoms with van der Waals surface area (Å²) in [6.07, 6.45) is 0. The van der Waals surface area contributed by atoms with E-state index in [-0.39, 0.29) is 0 Å². The van der Waals surface area contributed by atoms with Crippen LogP contribution in [0.1, 0.15) is 31.0 Å². The van der Waals surface area contributed by atoms with E-state index in [9.17, 15) is 0 Å². The maximum absolute atomic E-state index is 3.27. The Morgan fingerprint density at radius 3 is 2.30 bits per heavy atom. The lowest BCUT2D eigenvalue weighted by molar-refractivity contribution is 0.652. The third-order valence-electron chi connectivity index (χ3n) is 3.77. The van der Waals surface area contributed by atoms with Crippen LogP contribution in [-0.4, -0.2) is 13.6 Å². The van der Waals surface area contributed by atoms with Crippen molar-refractivity contribution in [2.45, 2.75) is 26.8 Å². The molecule has 0 saturated heterocycles. The normalized spacial score (nSPS) is 12.2. The molecule has 2 heteroatoms. The minimum Gasteiger partial charge on any atom is -0.342 e. The summed E-state index contributed by atoms with van der Waals surface area (Å²) < 4.78 is 0. The molecule has 20 heavy (non-hydrogen) atoms. The van der Waals surface area contributed by atoms with Crippen molar-refractivity contribution in [3.63, 3.8) is 0 Å². The fourth-order valence-corrected chi connectivity index (χ4v) is 2.42. The smallest absolute Gasteiger partial charge is 0.0413 e. The zero-order valence-electron chi connectivity index (χ0n) is 12.9. The number of anilines is 2. The molecule has 1 N–H and O–H groups in total. The number of rotatable bonds is 5. The first-order chi connectivity index (χ1) is 9.65. The Morgan fingerprint density at radius 1 is 1.05 bits per heavy atom. The highest BCUT2D eigenvalue weighted by atomic mass is 15.1. The molecule has 0 radical (unpaired) electrons. The number of hydrogen-bond donors (Lipinski definition) is 1. The van der Waals surface area contributed by atoms with Gasteiger partial charge in [0.05, 0.1) is 0 Å². The first kappa shape index (κ1) is 14.6. The van der Waals surface area contributed by atoms with Gasteiger partial charge in [-0.2, -0.15) is 0 Å². The van der Waals surface area contributed by atoms with Gasteiger partial charge in [0.1, 0.15) is 0 Å². The first-order valence-corrected chi connectivity index (χ1v) is 7.27. The van der Waals surface area contributed by atoms with Crippen molar-refractivity contribution in [1.29, 1.82) is 0 Å². The van der Waals surface area contributed by atoms with Crippen molar-refractivity contribution in [2.75, 3.05) is 18.5 Å². The molecule has 2 aromatic rings. The lowest BCUT2D eigenvalue weighted by Crippen LogP contribution is -2.16. The molecule has 2 rings (SSSR count). The quantitative estimate of drug-likeness (QED) is 0.862. The maximum Gasteiger partial charge on any atom is 0.0413 e. The van der Waals surface area contributed by atoms with Gasteiger partial charge in [-0.15, -0.1) is 0 Å². The Labute approximate surface area is 122 Å². The Balaban J connectivity index is 2.28. The molecule has 0 saturated carbocycles. The molecule has 0 heterocycles. The highest BCUT2D eigenvalue weighted by Gasteiger charge is 2.08. The van der Waals surface area contributed by atoms with Crippen LogP contribution in [0.25, 0.3) is 0 Å². The van der Waals surface area contributed by atoms with Gasteiger partial charge in [-0.25, -0.2) is 0 Å². The van der Waals surface area contributed by atoms with Crippen LogP contribution in [0.5, 0.6) is 0 Å². The molecular formula is C18H24N2. The van der Waals surface area contributed by atoms with Crippen LogP contribution in [-0.2, 0) is 0 Å². The van der Waals surface area contributed by atoms with Gasteiger partial charge < -0.3 is 10.2 Å². The Kier molecular flexibility index (Phi) is 4.80. The second-order valence-electron chi connectivity index (χ2n) is 5.19. The monoisotopic (exact) mass is 268 g/mol. The predicted octanol–water partition coefficient (Wildman–Crippen LogP) is 4.43. The van der Waals surface area contributed by atoms with E-state index < -0.39 is 0 Å². The molecular weight excluding hydrogens is 244 g/mol. The van der Waals surface area contributed by atoms with Gasteiger partial charge in [-0.05, 0) is 63.2 Å². The van der Waals surface area contributed by atoms with Gasteiger partial charge in [0.25, 0.3) is 0 Å². The molecule has 0 aliphatic heterocycles. The third-order valence-corrected chi connectivity index (χ3v) is 3.77. The van der Waals surface area contributed by atoms with Crippen LogP contribution in [0.15, 0.2) is 48.5 Å². The van der Waals surface area contributed by atoms with Gasteiger partial charge in [-0.1, -0.05) is 24.3 Å². The zero-order valence-corrected chi connectivity index (χ0v) is 12.9. The van der Waals surface area contributed by atoms with Crippen LogP contribution in [0.3, 0.4) is 0 Å². The predicted molar refractivity (Wildman–Crippen MR) is 87.8 cm³/mol. The van der Waals surface area contributed by atoms with E-state index in [0.29, 0.717) is 6.04 Å². The summed E-state index contributed by atoms with van der Waals surface area (Å²) in [7, 11) is 1.99. The van der Waals surface area contributed by atoms with E-state index in [1.165, 1.54) is 22.5 Å². The van der Waals surface area contributed by atoms with Gasteiger partial charge in [-0.3, -0.25) is 0 Å². The number of nitrogens with zero attached hydrogens (tertiary/aromatic N) is 1. The first-order valence-electron chi connectivity index (χ1n) is 7.27. The van der Waals surface area contributed by atoms with Crippen molar-refractivity contribution < 1.29 is 0 Å². The highest BCUT2D eigenvalue weighted by molar-refractivity contribution is 5.64. The lowest BCUT2D eigenvalue weighted by Gasteiger charge is -2.24. The summed E-state index contributed by atoms with van der Waals surface area (Å²) in [4.78, 5) is 2.33. The molecule has 0 bridgehead atoms. The number of hydrogen-bond acceptors (Lipinski definition) is 2. The summed E-state index contributed by atoms with van der Waals surface area (Å²) in [6.45, 7) is 7.46. The molecule has 0 spiro atoms. The summed E-state index contributed by atoms with van der Waals surface area (Å²) in [5, 5.41) is 3.27. The fourth-order valence-electron chi connectivity index (χ4n) is 2.42. The third kappa shape index (κ3) is 3.20. The minimum absolute atomic E-state index is 0.387. The van der Waals surface area contributed by atoms with Gasteiger partial charge >= 0.3 is 0 Å². The molecule has 0 aliphatic rings. The van der Waals surface area contributed by atoms with Gasteiger partial charge in [0.2, 0.25) is 0 Å². The maximum atomic E-state index is 3.27. The number of nitrogens with one attached hydrogen (secondary N) is 1. The average molecular weight is 268 g/mol. The molecule has 2 aromatic carbocycles. The largest absolute Gasteiger partial charge is 0.342 e. The fraction of sp³-hybridized carbons (Fsp3) is 0.333. The molecule has 0 fully saturated rings. The van der Waals surface area contributed by atoms with Crippen molar-refractivity contribution in [3.05, 3.63) is 59.7 Å². The van der Waals surface area contributed by atoms with Crippen molar-refractivity contribution >= 4 is 11.4 Å². The van der Waals surface area contributed by atoms with Crippen LogP contribution >= 0.6 is 0 Å². The van der Waals surface area contributed by atoms with E-state index in [1.54, 1.807) is 0 Å². The van der Waals surface area contributed by atoms with Crippen molar-refractivity contribution in [1.82, 2.24) is 5.32 Å². The van der Waals surface area contributed by atoms with Crippen LogP contribution in [0.2, 0.25) is 0 Å².